The van der Waals surface area contributed by atoms with Gasteiger partial charge in [0.15, 0.2) is 11.6 Å². The molecule has 4 aromatic rings. The van der Waals surface area contributed by atoms with Crippen LogP contribution in [-0.4, -0.2) is 21.5 Å². The van der Waals surface area contributed by atoms with Gasteiger partial charge in [-0.1, -0.05) is 17.7 Å². The van der Waals surface area contributed by atoms with E-state index in [0.29, 0.717) is 17.3 Å². The van der Waals surface area contributed by atoms with Gasteiger partial charge in [-0.15, -0.1) is 0 Å². The summed E-state index contributed by atoms with van der Waals surface area (Å²) >= 11 is 6.20. The molecular weight excluding hydrogens is 403 g/mol. The van der Waals surface area contributed by atoms with E-state index in [4.69, 9.17) is 16.3 Å². The third kappa shape index (κ3) is 3.55. The maximum absolute atomic E-state index is 14.1. The summed E-state index contributed by atoms with van der Waals surface area (Å²) in [5.41, 5.74) is 3.82. The average molecular weight is 421 g/mol. The molecule has 0 atom stereocenters. The molecule has 0 radical (unpaired) electrons. The van der Waals surface area contributed by atoms with Gasteiger partial charge in [-0.2, -0.15) is 0 Å². The molecule has 2 aromatic heterocycles. The Morgan fingerprint density at radius 2 is 1.97 bits per heavy atom. The van der Waals surface area contributed by atoms with Crippen LogP contribution in [0.5, 0.6) is 11.5 Å². The minimum atomic E-state index is -0.399. The van der Waals surface area contributed by atoms with Crippen LogP contribution in [0.15, 0.2) is 55.0 Å². The van der Waals surface area contributed by atoms with Crippen molar-refractivity contribution in [3.63, 3.8) is 0 Å². The highest BCUT2D eigenvalue weighted by Gasteiger charge is 2.21. The molecule has 2 aromatic carbocycles. The van der Waals surface area contributed by atoms with E-state index >= 15 is 0 Å². The van der Waals surface area contributed by atoms with Crippen LogP contribution >= 0.6 is 11.6 Å². The number of aryl methyl sites for hydroxylation is 1. The van der Waals surface area contributed by atoms with Gasteiger partial charge < -0.3 is 9.64 Å². The zero-order valence-corrected chi connectivity index (χ0v) is 17.0. The molecular formula is C23H18ClFN4O. The first kappa shape index (κ1) is 18.8. The van der Waals surface area contributed by atoms with Gasteiger partial charge in [-0.05, 0) is 54.4 Å². The van der Waals surface area contributed by atoms with E-state index < -0.39 is 5.82 Å². The Morgan fingerprint density at radius 3 is 2.87 bits per heavy atom. The highest BCUT2D eigenvalue weighted by molar-refractivity contribution is 6.31. The Labute approximate surface area is 178 Å². The number of benzene rings is 2. The standard InChI is InChI=1S/C23H18ClFN4O/c1-14-2-4-19(25)22(8-14)30-17-9-15-12-29(7-6-20(15)26-11-17)23-18-10-16(24)3-5-21(18)27-13-28-23/h2-5,8-11,13H,6-7,12H2,1H3. The molecule has 0 aliphatic carbocycles. The van der Waals surface area contributed by atoms with Gasteiger partial charge in [-0.25, -0.2) is 14.4 Å². The fourth-order valence-corrected chi connectivity index (χ4v) is 3.90. The number of ether oxygens (including phenoxy) is 1. The lowest BCUT2D eigenvalue weighted by atomic mass is 10.0. The zero-order valence-electron chi connectivity index (χ0n) is 16.3. The first-order valence-corrected chi connectivity index (χ1v) is 10.0. The molecule has 5 rings (SSSR count). The van der Waals surface area contributed by atoms with Gasteiger partial charge in [0, 0.05) is 35.6 Å². The molecule has 0 saturated carbocycles. The quantitative estimate of drug-likeness (QED) is 0.439. The fraction of sp³-hybridized carbons (Fsp3) is 0.174. The van der Waals surface area contributed by atoms with Gasteiger partial charge in [0.2, 0.25) is 0 Å². The lowest BCUT2D eigenvalue weighted by molar-refractivity contribution is 0.438. The predicted molar refractivity (Wildman–Crippen MR) is 115 cm³/mol. The Hall–Kier alpha value is -3.25. The topological polar surface area (TPSA) is 51.1 Å². The van der Waals surface area contributed by atoms with Crippen molar-refractivity contribution in [2.24, 2.45) is 0 Å². The van der Waals surface area contributed by atoms with Gasteiger partial charge in [0.1, 0.15) is 17.9 Å². The van der Waals surface area contributed by atoms with Crippen LogP contribution < -0.4 is 9.64 Å². The van der Waals surface area contributed by atoms with Crippen LogP contribution in [0.2, 0.25) is 5.02 Å². The minimum Gasteiger partial charge on any atom is -0.453 e. The Morgan fingerprint density at radius 1 is 1.07 bits per heavy atom. The molecule has 0 N–H and O–H groups in total. The number of anilines is 1. The van der Waals surface area contributed by atoms with Crippen molar-refractivity contribution in [2.75, 3.05) is 11.4 Å². The van der Waals surface area contributed by atoms with E-state index in [2.05, 4.69) is 19.9 Å². The second-order valence-electron chi connectivity index (χ2n) is 7.34. The van der Waals surface area contributed by atoms with Crippen LogP contribution in [0.4, 0.5) is 10.2 Å². The van der Waals surface area contributed by atoms with Crippen LogP contribution in [0.3, 0.4) is 0 Å². The summed E-state index contributed by atoms with van der Waals surface area (Å²) in [6.07, 6.45) is 4.00. The SMILES string of the molecule is Cc1ccc(F)c(Oc2cnc3c(c2)CN(c2ncnc4ccc(Cl)cc24)CC3)c1. The zero-order chi connectivity index (χ0) is 20.7. The second-order valence-corrected chi connectivity index (χ2v) is 7.78. The molecule has 0 saturated heterocycles. The lowest BCUT2D eigenvalue weighted by Crippen LogP contribution is -2.31. The maximum atomic E-state index is 14.1. The second kappa shape index (κ2) is 7.54. The predicted octanol–water partition coefficient (Wildman–Crippen LogP) is 5.48. The summed E-state index contributed by atoms with van der Waals surface area (Å²) in [5, 5.41) is 1.56. The number of rotatable bonds is 3. The molecule has 150 valence electrons. The monoisotopic (exact) mass is 420 g/mol. The molecule has 30 heavy (non-hydrogen) atoms. The van der Waals surface area contributed by atoms with E-state index in [0.717, 1.165) is 46.5 Å². The van der Waals surface area contributed by atoms with Crippen molar-refractivity contribution in [1.82, 2.24) is 15.0 Å². The van der Waals surface area contributed by atoms with Crippen LogP contribution in [0.25, 0.3) is 10.9 Å². The van der Waals surface area contributed by atoms with Gasteiger partial charge in [0.05, 0.1) is 11.7 Å². The molecule has 0 amide bonds. The largest absolute Gasteiger partial charge is 0.453 e. The summed E-state index contributed by atoms with van der Waals surface area (Å²) < 4.78 is 19.9. The Balaban J connectivity index is 1.46. The van der Waals surface area contributed by atoms with E-state index in [1.165, 1.54) is 6.07 Å². The molecule has 0 bridgehead atoms. The smallest absolute Gasteiger partial charge is 0.165 e. The molecule has 1 aliphatic heterocycles. The molecule has 0 spiro atoms. The summed E-state index contributed by atoms with van der Waals surface area (Å²) in [5.74, 6) is 1.14. The minimum absolute atomic E-state index is 0.195. The number of aromatic nitrogens is 3. The van der Waals surface area contributed by atoms with Crippen molar-refractivity contribution >= 4 is 28.3 Å². The van der Waals surface area contributed by atoms with E-state index in [1.807, 2.05) is 31.2 Å². The highest BCUT2D eigenvalue weighted by Crippen LogP contribution is 2.32. The Kier molecular flexibility index (Phi) is 4.71. The molecule has 5 nitrogen and oxygen atoms in total. The number of pyridine rings is 1. The summed E-state index contributed by atoms with van der Waals surface area (Å²) in [4.78, 5) is 15.6. The van der Waals surface area contributed by atoms with Gasteiger partial charge >= 0.3 is 0 Å². The summed E-state index contributed by atoms with van der Waals surface area (Å²) in [6.45, 7) is 3.30. The highest BCUT2D eigenvalue weighted by atomic mass is 35.5. The van der Waals surface area contributed by atoms with Crippen molar-refractivity contribution in [3.8, 4) is 11.5 Å². The number of halogens is 2. The summed E-state index contributed by atoms with van der Waals surface area (Å²) in [7, 11) is 0. The third-order valence-corrected chi connectivity index (χ3v) is 5.44. The van der Waals surface area contributed by atoms with Crippen LogP contribution in [-0.2, 0) is 13.0 Å². The molecule has 3 heterocycles. The number of hydrogen-bond donors (Lipinski definition) is 0. The summed E-state index contributed by atoms with van der Waals surface area (Å²) in [6, 6.07) is 12.3. The molecule has 0 unspecified atom stereocenters. The Bertz CT molecular complexity index is 1260. The fourth-order valence-electron chi connectivity index (χ4n) is 3.72. The first-order chi connectivity index (χ1) is 14.6. The maximum Gasteiger partial charge on any atom is 0.165 e. The van der Waals surface area contributed by atoms with Crippen molar-refractivity contribution in [2.45, 2.75) is 19.9 Å². The van der Waals surface area contributed by atoms with E-state index in [1.54, 1.807) is 24.7 Å². The van der Waals surface area contributed by atoms with Crippen molar-refractivity contribution in [1.29, 1.82) is 0 Å². The lowest BCUT2D eigenvalue weighted by Gasteiger charge is -2.30. The molecule has 7 heteroatoms. The number of fused-ring (bicyclic) bond motifs is 2. The third-order valence-electron chi connectivity index (χ3n) is 5.20. The van der Waals surface area contributed by atoms with Gasteiger partial charge in [0.25, 0.3) is 0 Å². The van der Waals surface area contributed by atoms with Crippen LogP contribution in [0.1, 0.15) is 16.8 Å². The van der Waals surface area contributed by atoms with Crippen molar-refractivity contribution in [3.05, 3.63) is 82.6 Å². The van der Waals surface area contributed by atoms with Crippen molar-refractivity contribution < 1.29 is 9.13 Å². The van der Waals surface area contributed by atoms with Gasteiger partial charge in [-0.3, -0.25) is 4.98 Å². The molecule has 1 aliphatic rings. The first-order valence-electron chi connectivity index (χ1n) is 9.64. The molecule has 0 fully saturated rings. The average Bonchev–Trinajstić information content (AvgIpc) is 2.75. The van der Waals surface area contributed by atoms with E-state index in [-0.39, 0.29) is 5.75 Å². The number of hydrogen-bond acceptors (Lipinski definition) is 5. The van der Waals surface area contributed by atoms with Crippen LogP contribution in [0, 0.1) is 12.7 Å². The number of nitrogens with zero attached hydrogens (tertiary/aromatic N) is 4. The normalized spacial score (nSPS) is 13.4. The van der Waals surface area contributed by atoms with E-state index in [9.17, 15) is 4.39 Å².